The fourth-order valence-corrected chi connectivity index (χ4v) is 3.72. The third-order valence-corrected chi connectivity index (χ3v) is 5.55. The summed E-state index contributed by atoms with van der Waals surface area (Å²) in [4.78, 5) is 16.5. The summed E-state index contributed by atoms with van der Waals surface area (Å²) >= 11 is 3.55. The number of halogens is 1. The minimum absolute atomic E-state index is 0.0847. The van der Waals surface area contributed by atoms with E-state index in [9.17, 15) is 4.79 Å². The topological polar surface area (TPSA) is 95.7 Å². The van der Waals surface area contributed by atoms with E-state index in [0.717, 1.165) is 15.2 Å². The van der Waals surface area contributed by atoms with Crippen LogP contribution in [0, 0.1) is 0 Å². The number of nitrogens with one attached hydrogen (secondary N) is 1. The molecule has 0 bridgehead atoms. The smallest absolute Gasteiger partial charge is 0.258 e. The zero-order valence-electron chi connectivity index (χ0n) is 17.4. The summed E-state index contributed by atoms with van der Waals surface area (Å²) in [6.45, 7) is -0.0605. The molecule has 164 valence electrons. The average Bonchev–Trinajstić information content (AvgIpc) is 3.31. The number of benzene rings is 3. The number of carbonyl (C=O) groups is 1. The Bertz CT molecular complexity index is 1260. The highest BCUT2D eigenvalue weighted by Gasteiger charge is 2.14. The van der Waals surface area contributed by atoms with Crippen LogP contribution in [0.15, 0.2) is 63.6 Å². The van der Waals surface area contributed by atoms with Gasteiger partial charge in [0.15, 0.2) is 18.1 Å². The average molecular weight is 498 g/mol. The van der Waals surface area contributed by atoms with E-state index in [2.05, 4.69) is 31.4 Å². The Balaban J connectivity index is 1.34. The van der Waals surface area contributed by atoms with Gasteiger partial charge in [0.25, 0.3) is 5.91 Å². The minimum atomic E-state index is -0.309. The molecule has 1 aromatic heterocycles. The molecule has 0 saturated carbocycles. The van der Waals surface area contributed by atoms with Crippen LogP contribution in [0.4, 0.5) is 0 Å². The van der Waals surface area contributed by atoms with E-state index in [1.807, 2.05) is 36.4 Å². The molecule has 0 saturated heterocycles. The Kier molecular flexibility index (Phi) is 6.55. The molecule has 0 aliphatic rings. The monoisotopic (exact) mass is 497 g/mol. The Hall–Kier alpha value is -3.59. The van der Waals surface area contributed by atoms with Gasteiger partial charge in [-0.2, -0.15) is 4.98 Å². The van der Waals surface area contributed by atoms with Gasteiger partial charge in [-0.1, -0.05) is 35.5 Å². The highest BCUT2D eigenvalue weighted by Crippen LogP contribution is 2.33. The van der Waals surface area contributed by atoms with Crippen LogP contribution < -0.4 is 19.5 Å². The van der Waals surface area contributed by atoms with E-state index in [0.29, 0.717) is 28.6 Å². The summed E-state index contributed by atoms with van der Waals surface area (Å²) in [5.74, 6) is 2.09. The lowest BCUT2D eigenvalue weighted by Crippen LogP contribution is -2.28. The SMILES string of the molecule is COc1ccc(-c2noc(CNC(=O)COc3ccc4ccccc4c3Br)n2)cc1OC. The molecule has 0 radical (unpaired) electrons. The predicted octanol–water partition coefficient (Wildman–Crippen LogP) is 4.36. The summed E-state index contributed by atoms with van der Waals surface area (Å²) < 4.78 is 22.2. The lowest BCUT2D eigenvalue weighted by atomic mass is 10.1. The van der Waals surface area contributed by atoms with Crippen LogP contribution in [0.2, 0.25) is 0 Å². The number of hydrogen-bond donors (Lipinski definition) is 1. The fourth-order valence-electron chi connectivity index (χ4n) is 3.11. The molecular weight excluding hydrogens is 478 g/mol. The van der Waals surface area contributed by atoms with Gasteiger partial charge in [-0.25, -0.2) is 0 Å². The van der Waals surface area contributed by atoms with Crippen LogP contribution in [0.5, 0.6) is 17.2 Å². The van der Waals surface area contributed by atoms with Gasteiger partial charge in [0.05, 0.1) is 25.2 Å². The minimum Gasteiger partial charge on any atom is -0.493 e. The maximum absolute atomic E-state index is 12.2. The van der Waals surface area contributed by atoms with Gasteiger partial charge in [-0.3, -0.25) is 4.79 Å². The summed E-state index contributed by atoms with van der Waals surface area (Å²) in [5.41, 5.74) is 0.702. The van der Waals surface area contributed by atoms with Crippen molar-refractivity contribution in [1.29, 1.82) is 0 Å². The second kappa shape index (κ2) is 9.69. The molecular formula is C23H20BrN3O5. The molecule has 0 atom stereocenters. The van der Waals surface area contributed by atoms with Crippen molar-refractivity contribution in [3.05, 3.63) is 65.0 Å². The van der Waals surface area contributed by atoms with Crippen molar-refractivity contribution in [1.82, 2.24) is 15.5 Å². The molecule has 1 amide bonds. The van der Waals surface area contributed by atoms with Gasteiger partial charge in [0.2, 0.25) is 11.7 Å². The van der Waals surface area contributed by atoms with Crippen LogP contribution >= 0.6 is 15.9 Å². The number of fused-ring (bicyclic) bond motifs is 1. The molecule has 0 spiro atoms. The number of hydrogen-bond acceptors (Lipinski definition) is 7. The maximum atomic E-state index is 12.2. The Morgan fingerprint density at radius 1 is 1.03 bits per heavy atom. The van der Waals surface area contributed by atoms with Crippen molar-refractivity contribution in [3.8, 4) is 28.6 Å². The van der Waals surface area contributed by atoms with Gasteiger partial charge in [-0.05, 0) is 51.0 Å². The molecule has 1 N–H and O–H groups in total. The van der Waals surface area contributed by atoms with E-state index in [1.165, 1.54) is 0 Å². The number of nitrogens with zero attached hydrogens (tertiary/aromatic N) is 2. The Labute approximate surface area is 192 Å². The molecule has 1 heterocycles. The Morgan fingerprint density at radius 2 is 1.81 bits per heavy atom. The highest BCUT2D eigenvalue weighted by atomic mass is 79.9. The van der Waals surface area contributed by atoms with E-state index in [-0.39, 0.29) is 24.9 Å². The molecule has 4 rings (SSSR count). The second-order valence-corrected chi connectivity index (χ2v) is 7.54. The predicted molar refractivity (Wildman–Crippen MR) is 122 cm³/mol. The first-order valence-electron chi connectivity index (χ1n) is 9.70. The molecule has 0 unspecified atom stereocenters. The second-order valence-electron chi connectivity index (χ2n) is 6.75. The molecule has 0 aliphatic carbocycles. The summed E-state index contributed by atoms with van der Waals surface area (Å²) in [6, 6.07) is 17.0. The van der Waals surface area contributed by atoms with E-state index in [1.54, 1.807) is 32.4 Å². The summed E-state index contributed by atoms with van der Waals surface area (Å²) in [5, 5.41) is 8.76. The van der Waals surface area contributed by atoms with Gasteiger partial charge < -0.3 is 24.1 Å². The van der Waals surface area contributed by atoms with Crippen molar-refractivity contribution >= 4 is 32.6 Å². The van der Waals surface area contributed by atoms with Gasteiger partial charge in [0.1, 0.15) is 5.75 Å². The van der Waals surface area contributed by atoms with E-state index >= 15 is 0 Å². The number of aromatic nitrogens is 2. The largest absolute Gasteiger partial charge is 0.493 e. The third-order valence-electron chi connectivity index (χ3n) is 4.73. The van der Waals surface area contributed by atoms with E-state index < -0.39 is 0 Å². The zero-order valence-corrected chi connectivity index (χ0v) is 19.0. The standard InChI is InChI=1S/C23H20BrN3O5/c1-29-17-9-8-15(11-19(17)30-2)23-26-21(32-27-23)12-25-20(28)13-31-18-10-7-14-5-3-4-6-16(14)22(18)24/h3-11H,12-13H2,1-2H3,(H,25,28). The number of ether oxygens (including phenoxy) is 3. The highest BCUT2D eigenvalue weighted by molar-refractivity contribution is 9.10. The third kappa shape index (κ3) is 4.67. The maximum Gasteiger partial charge on any atom is 0.258 e. The van der Waals surface area contributed by atoms with Crippen molar-refractivity contribution in [2.75, 3.05) is 20.8 Å². The lowest BCUT2D eigenvalue weighted by molar-refractivity contribution is -0.123. The molecule has 0 fully saturated rings. The van der Waals surface area contributed by atoms with Crippen molar-refractivity contribution in [2.45, 2.75) is 6.54 Å². The first kappa shape index (κ1) is 21.6. The normalized spacial score (nSPS) is 10.7. The van der Waals surface area contributed by atoms with Crippen LogP contribution in [-0.4, -0.2) is 36.9 Å². The first-order valence-corrected chi connectivity index (χ1v) is 10.5. The number of amides is 1. The van der Waals surface area contributed by atoms with Crippen LogP contribution in [0.3, 0.4) is 0 Å². The lowest BCUT2D eigenvalue weighted by Gasteiger charge is -2.10. The molecule has 0 aliphatic heterocycles. The van der Waals surface area contributed by atoms with Gasteiger partial charge in [-0.15, -0.1) is 0 Å². The Morgan fingerprint density at radius 3 is 2.62 bits per heavy atom. The number of rotatable bonds is 8. The van der Waals surface area contributed by atoms with E-state index in [4.69, 9.17) is 18.7 Å². The van der Waals surface area contributed by atoms with Crippen molar-refractivity contribution < 1.29 is 23.5 Å². The molecule has 4 aromatic rings. The molecule has 8 nitrogen and oxygen atoms in total. The fraction of sp³-hybridized carbons (Fsp3) is 0.174. The van der Waals surface area contributed by atoms with Crippen molar-refractivity contribution in [3.63, 3.8) is 0 Å². The summed E-state index contributed by atoms with van der Waals surface area (Å²) in [6.07, 6.45) is 0. The van der Waals surface area contributed by atoms with Crippen LogP contribution in [0.1, 0.15) is 5.89 Å². The quantitative estimate of drug-likeness (QED) is 0.386. The molecule has 9 heteroatoms. The molecule has 3 aromatic carbocycles. The summed E-state index contributed by atoms with van der Waals surface area (Å²) in [7, 11) is 3.12. The van der Waals surface area contributed by atoms with Gasteiger partial charge in [0, 0.05) is 5.56 Å². The van der Waals surface area contributed by atoms with Crippen LogP contribution in [-0.2, 0) is 11.3 Å². The molecule has 32 heavy (non-hydrogen) atoms. The first-order chi connectivity index (χ1) is 15.6. The van der Waals surface area contributed by atoms with Gasteiger partial charge >= 0.3 is 0 Å². The number of methoxy groups -OCH3 is 2. The number of carbonyl (C=O) groups excluding carboxylic acids is 1. The van der Waals surface area contributed by atoms with Crippen LogP contribution in [0.25, 0.3) is 22.2 Å². The zero-order chi connectivity index (χ0) is 22.5. The van der Waals surface area contributed by atoms with Crippen molar-refractivity contribution in [2.24, 2.45) is 0 Å².